The van der Waals surface area contributed by atoms with Crippen molar-refractivity contribution in [3.05, 3.63) is 88.0 Å². The van der Waals surface area contributed by atoms with Crippen LogP contribution in [0.3, 0.4) is 0 Å². The Morgan fingerprint density at radius 1 is 0.389 bits per heavy atom. The Kier molecular flexibility index (Phi) is 45.9. The van der Waals surface area contributed by atoms with Crippen LogP contribution in [0.2, 0.25) is 0 Å². The number of imide groups is 6. The molecule has 3 unspecified atom stereocenters. The first-order valence-electron chi connectivity index (χ1n) is 44.3. The Labute approximate surface area is 774 Å². The summed E-state index contributed by atoms with van der Waals surface area (Å²) < 4.78 is 58.6. The van der Waals surface area contributed by atoms with E-state index in [0.717, 1.165) is 106 Å². The van der Waals surface area contributed by atoms with Crippen LogP contribution in [-0.2, 0) is 85.7 Å². The third-order valence-corrected chi connectivity index (χ3v) is 21.6. The lowest BCUT2D eigenvalue weighted by molar-refractivity contribution is -0.137. The van der Waals surface area contributed by atoms with E-state index in [4.69, 9.17) is 57.8 Å². The molecule has 9 aliphatic rings. The molecule has 14 amide bonds. The van der Waals surface area contributed by atoms with Crippen molar-refractivity contribution in [1.82, 2.24) is 56.4 Å². The second kappa shape index (κ2) is 55.6. The smallest absolute Gasteiger partial charge is 0.407 e. The fraction of sp³-hybridized carbons (Fsp3) is 0.625. The second-order valence-electron chi connectivity index (χ2n) is 33.5. The predicted octanol–water partition coefficient (Wildman–Crippen LogP) is 3.37. The van der Waals surface area contributed by atoms with Crippen LogP contribution in [0.15, 0.2) is 54.6 Å². The van der Waals surface area contributed by atoms with Gasteiger partial charge in [0.25, 0.3) is 35.4 Å². The number of anilines is 3. The van der Waals surface area contributed by atoms with Crippen molar-refractivity contribution in [1.29, 1.82) is 0 Å². The molecular formula is C88H129Cl2N15O26. The molecule has 3 aromatic rings. The molecule has 0 saturated carbocycles. The maximum atomic E-state index is 13.3. The standard InChI is InChI=1S/C31H45N5O9.C26H37N5O7.C18H20N4O4.C13H25NO6.2ClH/c1-31(2,3)45-30(41)32-11-15-42-17-19-44-20-18-43-16-14-35-12-9-21(10-13-35)33-23-6-4-5-22-26(23)29(40)36(28(22)39)24-7-8-25(37)34-27(24)38;27-8-12-36-14-16-38-17-15-37-13-11-30-9-6-18(7-10-30)28-20-3-1-2-19-23(20)26(35)31(25(19)34)21-4-5-22(32)29-24(21)33;23-14-5-4-13(16(24)21-14)22-17(25)11-2-1-3-12(15(11)18(22)26)20-10-6-8-19-9-7-10;1-13(2,3)20-12(16)14-4-6-17-8-10-19-11-9-18-7-5-15;;/h4-6,21,24,33H,7-20H2,1-3H3,(H,32,41)(H,34,37,38);1-3,18,21,28H,4-17,27H2,(H,29,32,33);1-3,10,13,19-20H,4-9H2,(H,21,23,24);5H,4,6-11H2,1-3H3,(H,14,16);2*1H. The molecule has 43 heteroatoms. The molecule has 0 bridgehead atoms. The zero-order valence-electron chi connectivity index (χ0n) is 75.5. The Bertz CT molecular complexity index is 4330. The van der Waals surface area contributed by atoms with Crippen LogP contribution in [0.1, 0.15) is 181 Å². The number of nitrogens with two attached hydrogens (primary N) is 1. The fourth-order valence-electron chi connectivity index (χ4n) is 15.3. The molecule has 726 valence electrons. The van der Waals surface area contributed by atoms with Gasteiger partial charge in [-0.1, -0.05) is 18.2 Å². The van der Waals surface area contributed by atoms with Gasteiger partial charge in [-0.2, -0.15) is 0 Å². The molecule has 0 aromatic heterocycles. The van der Waals surface area contributed by atoms with Crippen molar-refractivity contribution in [3.63, 3.8) is 0 Å². The number of hydrogen-bond acceptors (Lipinski definition) is 33. The van der Waals surface area contributed by atoms with Gasteiger partial charge in [0.15, 0.2) is 0 Å². The topological polar surface area (TPSA) is 508 Å². The monoisotopic (exact) mass is 1880 g/mol. The molecule has 0 spiro atoms. The average Bonchev–Trinajstić information content (AvgIpc) is 1.62. The quantitative estimate of drug-likeness (QED) is 0.0220. The summed E-state index contributed by atoms with van der Waals surface area (Å²) in [6.45, 7) is 27.3. The molecule has 131 heavy (non-hydrogen) atoms. The van der Waals surface area contributed by atoms with Gasteiger partial charge in [0.1, 0.15) is 42.2 Å². The van der Waals surface area contributed by atoms with Crippen LogP contribution in [0.4, 0.5) is 26.7 Å². The lowest BCUT2D eigenvalue weighted by Crippen LogP contribution is -2.54. The maximum absolute atomic E-state index is 13.3. The zero-order chi connectivity index (χ0) is 92.8. The number of ether oxygens (including phenoxy) is 11. The first-order valence-corrected chi connectivity index (χ1v) is 44.3. The minimum Gasteiger partial charge on any atom is -0.444 e. The van der Waals surface area contributed by atoms with Crippen molar-refractivity contribution in [3.8, 4) is 0 Å². The summed E-state index contributed by atoms with van der Waals surface area (Å²) in [7, 11) is 0. The highest BCUT2D eigenvalue weighted by Crippen LogP contribution is 2.37. The molecule has 0 radical (unpaired) electrons. The number of halogens is 2. The molecule has 41 nitrogen and oxygen atoms in total. The number of piperidine rings is 6. The van der Waals surface area contributed by atoms with Gasteiger partial charge in [-0.15, -0.1) is 24.8 Å². The van der Waals surface area contributed by atoms with Gasteiger partial charge < -0.3 is 104 Å². The number of nitrogens with zero attached hydrogens (tertiary/aromatic N) is 5. The first-order chi connectivity index (χ1) is 62.0. The minimum absolute atomic E-state index is 0. The lowest BCUT2D eigenvalue weighted by atomic mass is 10.0. The van der Waals surface area contributed by atoms with Gasteiger partial charge in [-0.05, 0) is 149 Å². The highest BCUT2D eigenvalue weighted by molar-refractivity contribution is 6.27. The van der Waals surface area contributed by atoms with Crippen molar-refractivity contribution in [2.75, 3.05) is 207 Å². The molecule has 9 heterocycles. The number of nitrogens with one attached hydrogen (secondary N) is 9. The number of carbonyl (C=O) groups excluding carboxylic acids is 15. The summed E-state index contributed by atoms with van der Waals surface area (Å²) >= 11 is 0. The molecule has 11 N–H and O–H groups in total. The van der Waals surface area contributed by atoms with E-state index in [1.165, 1.54) is 0 Å². The van der Waals surface area contributed by atoms with E-state index in [1.807, 2.05) is 20.8 Å². The number of hydrogen-bond donors (Lipinski definition) is 10. The Morgan fingerprint density at radius 3 is 0.977 bits per heavy atom. The lowest BCUT2D eigenvalue weighted by Gasteiger charge is -2.33. The van der Waals surface area contributed by atoms with Crippen LogP contribution >= 0.6 is 24.8 Å². The molecule has 0 aliphatic carbocycles. The van der Waals surface area contributed by atoms with Crippen LogP contribution in [0, 0.1) is 0 Å². The second-order valence-corrected chi connectivity index (χ2v) is 33.5. The van der Waals surface area contributed by atoms with E-state index in [1.54, 1.807) is 75.4 Å². The molecule has 6 saturated heterocycles. The van der Waals surface area contributed by atoms with Crippen LogP contribution in [-0.4, -0.2) is 352 Å². The van der Waals surface area contributed by atoms with Crippen molar-refractivity contribution in [2.24, 2.45) is 5.73 Å². The van der Waals surface area contributed by atoms with Gasteiger partial charge in [0.05, 0.1) is 146 Å². The summed E-state index contributed by atoms with van der Waals surface area (Å²) in [6.07, 6.45) is 5.85. The predicted molar refractivity (Wildman–Crippen MR) is 480 cm³/mol. The fourth-order valence-corrected chi connectivity index (χ4v) is 15.3. The molecule has 9 aliphatic heterocycles. The molecule has 3 atom stereocenters. The Hall–Kier alpha value is -9.83. The van der Waals surface area contributed by atoms with Crippen LogP contribution in [0.5, 0.6) is 0 Å². The number of benzene rings is 3. The number of fused-ring (bicyclic) bond motifs is 3. The van der Waals surface area contributed by atoms with E-state index in [9.17, 15) is 71.9 Å². The summed E-state index contributed by atoms with van der Waals surface area (Å²) in [5.74, 6) is -5.95. The van der Waals surface area contributed by atoms with Gasteiger partial charge in [-0.3, -0.25) is 88.2 Å². The highest BCUT2D eigenvalue weighted by atomic mass is 35.5. The molecule has 3 aromatic carbocycles. The van der Waals surface area contributed by atoms with Crippen LogP contribution < -0.4 is 53.6 Å². The van der Waals surface area contributed by atoms with E-state index in [-0.39, 0.29) is 111 Å². The van der Waals surface area contributed by atoms with Crippen molar-refractivity contribution in [2.45, 2.75) is 166 Å². The van der Waals surface area contributed by atoms with E-state index >= 15 is 0 Å². The Balaban J connectivity index is 0.000000248. The molecule has 12 rings (SSSR count). The summed E-state index contributed by atoms with van der Waals surface area (Å²) in [6, 6.07) is 13.0. The van der Waals surface area contributed by atoms with Crippen LogP contribution in [0.25, 0.3) is 0 Å². The third-order valence-electron chi connectivity index (χ3n) is 21.6. The third kappa shape index (κ3) is 34.3. The number of likely N-dealkylation sites (tertiary alicyclic amines) is 2. The van der Waals surface area contributed by atoms with E-state index in [2.05, 4.69) is 57.7 Å². The average molecular weight is 1880 g/mol. The normalized spacial score (nSPS) is 19.1. The number of aldehydes is 1. The number of alkyl carbamates (subject to hydrolysis) is 2. The zero-order valence-corrected chi connectivity index (χ0v) is 77.1. The van der Waals surface area contributed by atoms with E-state index < -0.39 is 106 Å². The van der Waals surface area contributed by atoms with Gasteiger partial charge >= 0.3 is 12.2 Å². The maximum Gasteiger partial charge on any atom is 0.407 e. The van der Waals surface area contributed by atoms with Gasteiger partial charge in [0.2, 0.25) is 35.4 Å². The number of carbonyl (C=O) groups is 15. The van der Waals surface area contributed by atoms with Crippen molar-refractivity contribution >= 4 is 131 Å². The first kappa shape index (κ1) is 108. The summed E-state index contributed by atoms with van der Waals surface area (Å²) in [5.41, 5.74) is 7.91. The summed E-state index contributed by atoms with van der Waals surface area (Å²) in [5, 5.41) is 25.5. The largest absolute Gasteiger partial charge is 0.444 e. The number of amides is 14. The minimum atomic E-state index is -0.986. The van der Waals surface area contributed by atoms with E-state index in [0.29, 0.717) is 172 Å². The number of rotatable bonds is 43. The van der Waals surface area contributed by atoms with Gasteiger partial charge in [0, 0.05) is 113 Å². The Morgan fingerprint density at radius 2 is 0.679 bits per heavy atom. The highest BCUT2D eigenvalue weighted by Gasteiger charge is 2.49. The van der Waals surface area contributed by atoms with Crippen molar-refractivity contribution < 1.29 is 124 Å². The summed E-state index contributed by atoms with van der Waals surface area (Å²) in [4.78, 5) is 190. The molecule has 6 fully saturated rings. The SMILES string of the molecule is CC(C)(C)OC(=O)NCCOCCOCCOCC=O.CC(C)(C)OC(=O)NCCOCCOCCOCCN1CCC(Nc2cccc3c2C(=O)N(C2CCC(=O)NC2=O)C3=O)CC1.Cl.Cl.NCCOCCOCCOCCN1CCC(Nc2cccc3c2C(=O)N(C2CCC(=O)NC2=O)C3=O)CC1.O=C1CCC(N2C(=O)c3cccc(NC4CCNCC4)c3C2=O)C(=O)N1. The van der Waals surface area contributed by atoms with Gasteiger partial charge in [-0.25, -0.2) is 9.59 Å². The molecular weight excluding hydrogens is 1750 g/mol.